The molecule has 1 N–H and O–H groups in total. The summed E-state index contributed by atoms with van der Waals surface area (Å²) in [6.45, 7) is 2.78. The molecule has 6 nitrogen and oxygen atoms in total. The number of thioether (sulfide) groups is 1. The summed E-state index contributed by atoms with van der Waals surface area (Å²) in [5.41, 5.74) is -0.234. The highest BCUT2D eigenvalue weighted by Crippen LogP contribution is 2.33. The summed E-state index contributed by atoms with van der Waals surface area (Å²) >= 11 is 1.04. The maximum atomic E-state index is 13.0. The van der Waals surface area contributed by atoms with Gasteiger partial charge in [-0.05, 0) is 48.9 Å². The number of amidine groups is 1. The Bertz CT molecular complexity index is 1060. The van der Waals surface area contributed by atoms with E-state index in [9.17, 15) is 22.8 Å². The van der Waals surface area contributed by atoms with Gasteiger partial charge in [0.15, 0.2) is 5.17 Å². The van der Waals surface area contributed by atoms with Crippen molar-refractivity contribution < 1.29 is 27.5 Å². The Balaban J connectivity index is 1.63. The molecule has 2 aromatic rings. The standard InChI is InChI=1S/C25H28F3N3O3S/c1-3-4-5-6-14-34-20-12-10-18(11-13-20)29-23(33)21-16-22(32)31(2)24(35-21)30-19-9-7-8-17(15-19)25(26,27)28/h7-13,15,21H,3-6,14,16H2,1-2H3,(H,29,33). The van der Waals surface area contributed by atoms with Gasteiger partial charge in [0.1, 0.15) is 11.0 Å². The Labute approximate surface area is 206 Å². The molecule has 2 aromatic carbocycles. The molecule has 0 spiro atoms. The van der Waals surface area contributed by atoms with Crippen molar-refractivity contribution in [3.8, 4) is 5.75 Å². The van der Waals surface area contributed by atoms with E-state index in [-0.39, 0.29) is 29.1 Å². The quantitative estimate of drug-likeness (QED) is 0.407. The molecule has 188 valence electrons. The molecule has 0 radical (unpaired) electrons. The summed E-state index contributed by atoms with van der Waals surface area (Å²) in [6, 6.07) is 11.5. The van der Waals surface area contributed by atoms with Gasteiger partial charge in [0, 0.05) is 19.2 Å². The van der Waals surface area contributed by atoms with Crippen LogP contribution < -0.4 is 10.1 Å². The van der Waals surface area contributed by atoms with Crippen LogP contribution in [0.25, 0.3) is 0 Å². The van der Waals surface area contributed by atoms with E-state index in [0.29, 0.717) is 18.0 Å². The number of hydrogen-bond acceptors (Lipinski definition) is 5. The van der Waals surface area contributed by atoms with Gasteiger partial charge in [0.2, 0.25) is 11.8 Å². The topological polar surface area (TPSA) is 71.0 Å². The number of carbonyl (C=O) groups is 2. The van der Waals surface area contributed by atoms with Crippen molar-refractivity contribution in [2.24, 2.45) is 4.99 Å². The van der Waals surface area contributed by atoms with Crippen LogP contribution in [0.3, 0.4) is 0 Å². The molecule has 1 aliphatic heterocycles. The number of anilines is 1. The lowest BCUT2D eigenvalue weighted by Crippen LogP contribution is -2.43. The SMILES string of the molecule is CCCCCCOc1ccc(NC(=O)C2CC(=O)N(C)C(=Nc3cccc(C(F)(F)F)c3)S2)cc1. The minimum Gasteiger partial charge on any atom is -0.494 e. The zero-order valence-corrected chi connectivity index (χ0v) is 20.4. The number of amides is 2. The molecule has 1 aliphatic rings. The zero-order chi connectivity index (χ0) is 25.4. The third-order valence-electron chi connectivity index (χ3n) is 5.35. The van der Waals surface area contributed by atoms with E-state index < -0.39 is 17.0 Å². The highest BCUT2D eigenvalue weighted by molar-refractivity contribution is 8.15. The third-order valence-corrected chi connectivity index (χ3v) is 6.59. The summed E-state index contributed by atoms with van der Waals surface area (Å²) in [4.78, 5) is 30.7. The fourth-order valence-corrected chi connectivity index (χ4v) is 4.40. The minimum absolute atomic E-state index is 0.0481. The molecule has 1 atom stereocenters. The van der Waals surface area contributed by atoms with Gasteiger partial charge in [-0.2, -0.15) is 13.2 Å². The number of nitrogens with one attached hydrogen (secondary N) is 1. The van der Waals surface area contributed by atoms with Gasteiger partial charge in [0.25, 0.3) is 0 Å². The van der Waals surface area contributed by atoms with E-state index >= 15 is 0 Å². The molecule has 1 heterocycles. The van der Waals surface area contributed by atoms with Gasteiger partial charge in [-0.3, -0.25) is 14.5 Å². The normalized spacial score (nSPS) is 17.5. The summed E-state index contributed by atoms with van der Waals surface area (Å²) < 4.78 is 44.7. The van der Waals surface area contributed by atoms with Gasteiger partial charge in [-0.1, -0.05) is 44.0 Å². The molecule has 2 amide bonds. The first-order valence-corrected chi connectivity index (χ1v) is 12.3. The second-order valence-corrected chi connectivity index (χ2v) is 9.30. The van der Waals surface area contributed by atoms with Gasteiger partial charge in [-0.25, -0.2) is 4.99 Å². The number of hydrogen-bond donors (Lipinski definition) is 1. The number of unbranched alkanes of at least 4 members (excludes halogenated alkanes) is 3. The Kier molecular flexibility index (Phi) is 9.20. The van der Waals surface area contributed by atoms with Crippen LogP contribution in [-0.4, -0.2) is 40.8 Å². The first-order chi connectivity index (χ1) is 16.7. The highest BCUT2D eigenvalue weighted by Gasteiger charge is 2.34. The molecular formula is C25H28F3N3O3S. The molecule has 0 saturated carbocycles. The molecular weight excluding hydrogens is 479 g/mol. The van der Waals surface area contributed by atoms with Crippen LogP contribution >= 0.6 is 11.8 Å². The van der Waals surface area contributed by atoms with E-state index in [2.05, 4.69) is 17.2 Å². The molecule has 10 heteroatoms. The molecule has 1 saturated heterocycles. The van der Waals surface area contributed by atoms with Crippen molar-refractivity contribution >= 4 is 40.1 Å². The van der Waals surface area contributed by atoms with Crippen LogP contribution in [0.1, 0.15) is 44.6 Å². The number of aliphatic imine (C=N–C) groups is 1. The Morgan fingerprint density at radius 3 is 2.60 bits per heavy atom. The van der Waals surface area contributed by atoms with Gasteiger partial charge < -0.3 is 10.1 Å². The Morgan fingerprint density at radius 2 is 1.91 bits per heavy atom. The van der Waals surface area contributed by atoms with Crippen LogP contribution in [-0.2, 0) is 15.8 Å². The average Bonchev–Trinajstić information content (AvgIpc) is 2.82. The monoisotopic (exact) mass is 507 g/mol. The van der Waals surface area contributed by atoms with Crippen LogP contribution in [0.5, 0.6) is 5.75 Å². The Hall–Kier alpha value is -3.01. The van der Waals surface area contributed by atoms with Gasteiger partial charge in [-0.15, -0.1) is 0 Å². The van der Waals surface area contributed by atoms with Crippen molar-refractivity contribution in [2.75, 3.05) is 19.0 Å². The van der Waals surface area contributed by atoms with E-state index in [4.69, 9.17) is 4.74 Å². The largest absolute Gasteiger partial charge is 0.494 e. The second-order valence-electron chi connectivity index (χ2n) is 8.13. The predicted molar refractivity (Wildman–Crippen MR) is 132 cm³/mol. The van der Waals surface area contributed by atoms with Crippen LogP contribution in [0.15, 0.2) is 53.5 Å². The van der Waals surface area contributed by atoms with Crippen molar-refractivity contribution in [3.05, 3.63) is 54.1 Å². The predicted octanol–water partition coefficient (Wildman–Crippen LogP) is 6.25. The lowest BCUT2D eigenvalue weighted by atomic mass is 10.2. The number of halogens is 3. The number of rotatable bonds is 9. The molecule has 1 unspecified atom stereocenters. The zero-order valence-electron chi connectivity index (χ0n) is 19.6. The maximum Gasteiger partial charge on any atom is 0.416 e. The molecule has 0 aliphatic carbocycles. The number of alkyl halides is 3. The van der Waals surface area contributed by atoms with Gasteiger partial charge >= 0.3 is 6.18 Å². The smallest absolute Gasteiger partial charge is 0.416 e. The van der Waals surface area contributed by atoms with Crippen LogP contribution in [0.4, 0.5) is 24.5 Å². The average molecular weight is 508 g/mol. The third kappa shape index (κ3) is 7.74. The lowest BCUT2D eigenvalue weighted by molar-refractivity contribution is -0.137. The molecule has 3 rings (SSSR count). The number of ether oxygens (including phenoxy) is 1. The molecule has 35 heavy (non-hydrogen) atoms. The molecule has 1 fully saturated rings. The fraction of sp³-hybridized carbons (Fsp3) is 0.400. The summed E-state index contributed by atoms with van der Waals surface area (Å²) in [7, 11) is 1.48. The van der Waals surface area contributed by atoms with E-state index in [1.165, 1.54) is 30.5 Å². The maximum absolute atomic E-state index is 13.0. The lowest BCUT2D eigenvalue weighted by Gasteiger charge is -2.28. The molecule has 0 aromatic heterocycles. The number of nitrogens with zero attached hydrogens (tertiary/aromatic N) is 2. The van der Waals surface area contributed by atoms with Crippen LogP contribution in [0, 0.1) is 0 Å². The fourth-order valence-electron chi connectivity index (χ4n) is 3.34. The van der Waals surface area contributed by atoms with Crippen molar-refractivity contribution in [1.82, 2.24) is 4.90 Å². The first-order valence-electron chi connectivity index (χ1n) is 11.4. The van der Waals surface area contributed by atoms with Crippen molar-refractivity contribution in [2.45, 2.75) is 50.5 Å². The summed E-state index contributed by atoms with van der Waals surface area (Å²) in [5.74, 6) is -0.0262. The number of benzene rings is 2. The van der Waals surface area contributed by atoms with E-state index in [1.54, 1.807) is 24.3 Å². The second kappa shape index (κ2) is 12.1. The first kappa shape index (κ1) is 26.6. The summed E-state index contributed by atoms with van der Waals surface area (Å²) in [6.07, 6.45) is -0.107. The van der Waals surface area contributed by atoms with E-state index in [1.807, 2.05) is 0 Å². The Morgan fingerprint density at radius 1 is 1.17 bits per heavy atom. The van der Waals surface area contributed by atoms with E-state index in [0.717, 1.165) is 43.2 Å². The highest BCUT2D eigenvalue weighted by atomic mass is 32.2. The van der Waals surface area contributed by atoms with Crippen LogP contribution in [0.2, 0.25) is 0 Å². The number of carbonyl (C=O) groups excluding carboxylic acids is 2. The van der Waals surface area contributed by atoms with Crippen molar-refractivity contribution in [3.63, 3.8) is 0 Å². The summed E-state index contributed by atoms with van der Waals surface area (Å²) in [5, 5.41) is 2.18. The molecule has 0 bridgehead atoms. The van der Waals surface area contributed by atoms with Crippen molar-refractivity contribution in [1.29, 1.82) is 0 Å². The minimum atomic E-state index is -4.50. The van der Waals surface area contributed by atoms with Gasteiger partial charge in [0.05, 0.1) is 17.9 Å².